The number of rotatable bonds is 12. The molecule has 0 aliphatic carbocycles. The smallest absolute Gasteiger partial charge is 0.396 e. The highest BCUT2D eigenvalue weighted by Gasteiger charge is 2.81. The first-order valence-corrected chi connectivity index (χ1v) is 8.90. The summed E-state index contributed by atoms with van der Waals surface area (Å²) in [5.74, 6) is -18.8. The Morgan fingerprint density at radius 3 is 1.56 bits per heavy atom. The Morgan fingerprint density at radius 1 is 0.680 bits per heavy atom. The molecule has 0 heterocycles. The van der Waals surface area contributed by atoms with Crippen LogP contribution in [0, 0.1) is 0 Å². The van der Waals surface area contributed by atoms with Gasteiger partial charge >= 0.3 is 23.9 Å². The van der Waals surface area contributed by atoms with Crippen molar-refractivity contribution in [2.45, 2.75) is 79.2 Å². The van der Waals surface area contributed by atoms with E-state index in [2.05, 4.69) is 0 Å². The van der Waals surface area contributed by atoms with Gasteiger partial charge in [0.05, 0.1) is 0 Å². The van der Waals surface area contributed by atoms with Crippen LogP contribution in [-0.4, -0.2) is 39.6 Å². The lowest BCUT2D eigenvalue weighted by Gasteiger charge is -2.34. The molecular weight excluding hydrogens is 482 g/mol. The second kappa shape index (κ2) is 9.84. The first-order valence-electron chi connectivity index (χ1n) is 7.66. The average molecular weight is 502 g/mol. The van der Waals surface area contributed by atoms with Crippen molar-refractivity contribution in [2.75, 3.05) is 6.61 Å². The number of halogens is 10. The van der Waals surface area contributed by atoms with Gasteiger partial charge in [0.15, 0.2) is 0 Å². The molecule has 1 atom stereocenters. The zero-order valence-electron chi connectivity index (χ0n) is 13.2. The molecule has 1 unspecified atom stereocenters. The lowest BCUT2D eigenvalue weighted by Crippen LogP contribution is -2.61. The van der Waals surface area contributed by atoms with Crippen molar-refractivity contribution in [2.24, 2.45) is 0 Å². The Morgan fingerprint density at radius 2 is 1.12 bits per heavy atom. The van der Waals surface area contributed by atoms with Gasteiger partial charge in [-0.05, 0) is 12.8 Å². The molecule has 0 aromatic heterocycles. The number of hydrogen-bond acceptors (Lipinski definition) is 1. The van der Waals surface area contributed by atoms with E-state index in [1.54, 1.807) is 0 Å². The molecule has 152 valence electrons. The summed E-state index contributed by atoms with van der Waals surface area (Å²) in [7, 11) is 0. The maximum absolute atomic E-state index is 13.4. The van der Waals surface area contributed by atoms with Gasteiger partial charge in [-0.15, -0.1) is 0 Å². The molecule has 1 nitrogen and oxygen atoms in total. The van der Waals surface area contributed by atoms with Crippen molar-refractivity contribution < 1.29 is 44.6 Å². The van der Waals surface area contributed by atoms with Crippen molar-refractivity contribution in [3.8, 4) is 0 Å². The van der Waals surface area contributed by atoms with E-state index in [1.807, 2.05) is 0 Å². The lowest BCUT2D eigenvalue weighted by molar-refractivity contribution is -0.396. The van der Waals surface area contributed by atoms with E-state index in [4.69, 9.17) is 5.11 Å². The van der Waals surface area contributed by atoms with Crippen molar-refractivity contribution in [1.82, 2.24) is 0 Å². The van der Waals surface area contributed by atoms with Gasteiger partial charge < -0.3 is 5.11 Å². The molecule has 0 bridgehead atoms. The molecule has 25 heavy (non-hydrogen) atoms. The standard InChI is InChI=1S/C14H20F9IO/c15-11(16,12(17,18)13(19,20)14(21,22)23)9-10(24)7-5-3-1-2-4-6-8-25/h10,25H,1-9H2. The van der Waals surface area contributed by atoms with Crippen LogP contribution in [0.15, 0.2) is 0 Å². The van der Waals surface area contributed by atoms with Gasteiger partial charge in [-0.3, -0.25) is 0 Å². The molecular formula is C14H20F9IO. The zero-order chi connectivity index (χ0) is 19.9. The minimum absolute atomic E-state index is 0.00379. The Kier molecular flexibility index (Phi) is 9.86. The van der Waals surface area contributed by atoms with Crippen LogP contribution in [0.1, 0.15) is 51.4 Å². The van der Waals surface area contributed by atoms with Gasteiger partial charge in [-0.25, -0.2) is 0 Å². The highest BCUT2D eigenvalue weighted by atomic mass is 127. The second-order valence-corrected chi connectivity index (χ2v) is 7.55. The van der Waals surface area contributed by atoms with E-state index in [9.17, 15) is 39.5 Å². The third-order valence-corrected chi connectivity index (χ3v) is 4.68. The summed E-state index contributed by atoms with van der Waals surface area (Å²) >= 11 is 1.36. The van der Waals surface area contributed by atoms with E-state index in [0.29, 0.717) is 19.3 Å². The van der Waals surface area contributed by atoms with Crippen LogP contribution < -0.4 is 0 Å². The molecule has 0 radical (unpaired) electrons. The first kappa shape index (κ1) is 25.1. The molecule has 0 aromatic carbocycles. The lowest BCUT2D eigenvalue weighted by atomic mass is 9.97. The summed E-state index contributed by atoms with van der Waals surface area (Å²) in [6, 6.07) is 0. The topological polar surface area (TPSA) is 20.2 Å². The molecule has 0 spiro atoms. The molecule has 0 fully saturated rings. The van der Waals surface area contributed by atoms with Crippen LogP contribution in [0.4, 0.5) is 39.5 Å². The Balaban J connectivity index is 4.54. The summed E-state index contributed by atoms with van der Waals surface area (Å²) in [6.45, 7) is 0.0572. The fourth-order valence-corrected chi connectivity index (χ4v) is 3.09. The largest absolute Gasteiger partial charge is 0.460 e. The van der Waals surface area contributed by atoms with Crippen molar-refractivity contribution in [1.29, 1.82) is 0 Å². The van der Waals surface area contributed by atoms with E-state index in [0.717, 1.165) is 19.3 Å². The molecule has 0 aromatic rings. The SMILES string of the molecule is OCCCCCCCCC(I)CC(F)(F)C(F)(F)C(F)(F)C(F)(F)F. The van der Waals surface area contributed by atoms with Gasteiger partial charge in [-0.2, -0.15) is 39.5 Å². The summed E-state index contributed by atoms with van der Waals surface area (Å²) in [4.78, 5) is 0. The predicted molar refractivity (Wildman–Crippen MR) is 82.7 cm³/mol. The normalized spacial score (nSPS) is 15.5. The van der Waals surface area contributed by atoms with Crippen LogP contribution in [0.2, 0.25) is 0 Å². The van der Waals surface area contributed by atoms with Gasteiger partial charge in [0.2, 0.25) is 0 Å². The number of hydrogen-bond donors (Lipinski definition) is 1. The van der Waals surface area contributed by atoms with E-state index in [-0.39, 0.29) is 13.0 Å². The Hall–Kier alpha value is 0.0600. The van der Waals surface area contributed by atoms with Crippen LogP contribution in [0.3, 0.4) is 0 Å². The minimum Gasteiger partial charge on any atom is -0.396 e. The molecule has 0 aliphatic heterocycles. The van der Waals surface area contributed by atoms with E-state index in [1.165, 1.54) is 22.6 Å². The summed E-state index contributed by atoms with van der Waals surface area (Å²) in [6.07, 6.45) is -4.66. The molecule has 0 amide bonds. The van der Waals surface area contributed by atoms with Crippen molar-refractivity contribution in [3.05, 3.63) is 0 Å². The molecule has 11 heteroatoms. The molecule has 0 saturated heterocycles. The predicted octanol–water partition coefficient (Wildman–Crippen LogP) is 6.37. The quantitative estimate of drug-likeness (QED) is 0.142. The molecule has 1 N–H and O–H groups in total. The number of alkyl halides is 10. The first-order chi connectivity index (χ1) is 11.2. The van der Waals surface area contributed by atoms with Crippen molar-refractivity contribution in [3.63, 3.8) is 0 Å². The molecule has 0 aliphatic rings. The van der Waals surface area contributed by atoms with Gasteiger partial charge in [0.25, 0.3) is 0 Å². The highest BCUT2D eigenvalue weighted by molar-refractivity contribution is 14.1. The summed E-state index contributed by atoms with van der Waals surface area (Å²) in [5.41, 5.74) is 0. The fourth-order valence-electron chi connectivity index (χ4n) is 2.10. The van der Waals surface area contributed by atoms with E-state index >= 15 is 0 Å². The average Bonchev–Trinajstić information content (AvgIpc) is 2.44. The third kappa shape index (κ3) is 6.94. The van der Waals surface area contributed by atoms with Crippen LogP contribution in [0.25, 0.3) is 0 Å². The van der Waals surface area contributed by atoms with E-state index < -0.39 is 34.3 Å². The Bertz CT molecular complexity index is 385. The summed E-state index contributed by atoms with van der Waals surface area (Å²) in [5, 5.41) is 8.57. The zero-order valence-corrected chi connectivity index (χ0v) is 15.3. The van der Waals surface area contributed by atoms with Gasteiger partial charge in [0.1, 0.15) is 0 Å². The number of aliphatic hydroxyl groups is 1. The van der Waals surface area contributed by atoms with Crippen LogP contribution in [-0.2, 0) is 0 Å². The highest BCUT2D eigenvalue weighted by Crippen LogP contribution is 2.54. The van der Waals surface area contributed by atoms with Gasteiger partial charge in [-0.1, -0.05) is 54.7 Å². The second-order valence-electron chi connectivity index (χ2n) is 5.79. The summed E-state index contributed by atoms with van der Waals surface area (Å²) < 4.78 is 113. The molecule has 0 rings (SSSR count). The van der Waals surface area contributed by atoms with Crippen LogP contribution >= 0.6 is 22.6 Å². The number of aliphatic hydroxyl groups excluding tert-OH is 1. The maximum atomic E-state index is 13.4. The fraction of sp³-hybridized carbons (Fsp3) is 1.00. The monoisotopic (exact) mass is 502 g/mol. The minimum atomic E-state index is -6.81. The third-order valence-electron chi connectivity index (χ3n) is 3.61. The van der Waals surface area contributed by atoms with Crippen LogP contribution in [0.5, 0.6) is 0 Å². The Labute approximate surface area is 153 Å². The molecule has 0 saturated carbocycles. The van der Waals surface area contributed by atoms with Crippen molar-refractivity contribution >= 4 is 22.6 Å². The van der Waals surface area contributed by atoms with Gasteiger partial charge in [0, 0.05) is 17.0 Å². The number of unbranched alkanes of at least 4 members (excludes halogenated alkanes) is 5. The maximum Gasteiger partial charge on any atom is 0.460 e.